The SMILES string of the molecule is O=C(O)c1ccc(/C=N/NC(=S)Nc2ccccc2-c2ccccc2)c(O)c1. The van der Waals surface area contributed by atoms with Gasteiger partial charge in [0.25, 0.3) is 0 Å². The van der Waals surface area contributed by atoms with Crippen LogP contribution in [0.15, 0.2) is 77.9 Å². The Kier molecular flexibility index (Phi) is 5.98. The van der Waals surface area contributed by atoms with Gasteiger partial charge in [0.05, 0.1) is 11.8 Å². The van der Waals surface area contributed by atoms with Crippen molar-refractivity contribution < 1.29 is 15.0 Å². The largest absolute Gasteiger partial charge is 0.507 e. The fourth-order valence-electron chi connectivity index (χ4n) is 2.56. The van der Waals surface area contributed by atoms with E-state index in [-0.39, 0.29) is 16.4 Å². The first-order valence-electron chi connectivity index (χ1n) is 8.35. The lowest BCUT2D eigenvalue weighted by Gasteiger charge is -2.12. The molecule has 0 aliphatic rings. The summed E-state index contributed by atoms with van der Waals surface area (Å²) in [6.07, 6.45) is 1.36. The van der Waals surface area contributed by atoms with Crippen LogP contribution in [0.25, 0.3) is 11.1 Å². The Balaban J connectivity index is 1.67. The predicted octanol–water partition coefficient (Wildman–Crippen LogP) is 4.08. The van der Waals surface area contributed by atoms with Crippen molar-refractivity contribution in [1.29, 1.82) is 0 Å². The van der Waals surface area contributed by atoms with Crippen LogP contribution >= 0.6 is 12.2 Å². The van der Waals surface area contributed by atoms with Crippen LogP contribution in [0.1, 0.15) is 15.9 Å². The molecule has 6 nitrogen and oxygen atoms in total. The van der Waals surface area contributed by atoms with E-state index in [0.29, 0.717) is 5.56 Å². The van der Waals surface area contributed by atoms with Crippen LogP contribution < -0.4 is 10.7 Å². The van der Waals surface area contributed by atoms with Crippen LogP contribution in [0.3, 0.4) is 0 Å². The topological polar surface area (TPSA) is 94.0 Å². The van der Waals surface area contributed by atoms with E-state index >= 15 is 0 Å². The maximum absolute atomic E-state index is 10.9. The van der Waals surface area contributed by atoms with Gasteiger partial charge in [0.2, 0.25) is 0 Å². The number of carboxylic acid groups (broad SMARTS) is 1. The predicted molar refractivity (Wildman–Crippen MR) is 114 cm³/mol. The second-order valence-electron chi connectivity index (χ2n) is 5.81. The highest BCUT2D eigenvalue weighted by molar-refractivity contribution is 7.80. The fourth-order valence-corrected chi connectivity index (χ4v) is 2.72. The molecule has 0 aliphatic heterocycles. The molecule has 0 spiro atoms. The minimum absolute atomic E-state index is 0.00249. The number of benzene rings is 3. The number of para-hydroxylation sites is 1. The Morgan fingerprint density at radius 3 is 2.43 bits per heavy atom. The Bertz CT molecular complexity index is 1040. The Morgan fingerprint density at radius 1 is 1.00 bits per heavy atom. The standard InChI is InChI=1S/C21H17N3O3S/c25-19-12-15(20(26)27)10-11-16(19)13-22-24-21(28)23-18-9-5-4-8-17(18)14-6-2-1-3-7-14/h1-13,25H,(H,26,27)(H2,23,24,28)/b22-13+. The van der Waals surface area contributed by atoms with Crippen LogP contribution in [0.4, 0.5) is 5.69 Å². The molecule has 140 valence electrons. The van der Waals surface area contributed by atoms with E-state index in [1.165, 1.54) is 18.3 Å². The van der Waals surface area contributed by atoms with Gasteiger partial charge in [-0.05, 0) is 42.0 Å². The molecule has 0 aromatic heterocycles. The highest BCUT2D eigenvalue weighted by Crippen LogP contribution is 2.27. The molecule has 0 aliphatic carbocycles. The molecule has 0 heterocycles. The number of nitrogens with one attached hydrogen (secondary N) is 2. The Morgan fingerprint density at radius 2 is 1.71 bits per heavy atom. The highest BCUT2D eigenvalue weighted by atomic mass is 32.1. The number of carboxylic acids is 1. The van der Waals surface area contributed by atoms with Gasteiger partial charge in [0.15, 0.2) is 5.11 Å². The number of hydrogen-bond donors (Lipinski definition) is 4. The van der Waals surface area contributed by atoms with Gasteiger partial charge in [0.1, 0.15) is 5.75 Å². The summed E-state index contributed by atoms with van der Waals surface area (Å²) in [5, 5.41) is 26.2. The van der Waals surface area contributed by atoms with Crippen molar-refractivity contribution in [3.63, 3.8) is 0 Å². The molecule has 0 saturated carbocycles. The number of nitrogens with zero attached hydrogens (tertiary/aromatic N) is 1. The second-order valence-corrected chi connectivity index (χ2v) is 6.22. The maximum Gasteiger partial charge on any atom is 0.335 e. The molecule has 28 heavy (non-hydrogen) atoms. The van der Waals surface area contributed by atoms with Crippen LogP contribution in [0.2, 0.25) is 0 Å². The number of aromatic carboxylic acids is 1. The van der Waals surface area contributed by atoms with Crippen LogP contribution in [-0.2, 0) is 0 Å². The number of thiocarbonyl (C=S) groups is 1. The van der Waals surface area contributed by atoms with Gasteiger partial charge in [-0.15, -0.1) is 0 Å². The van der Waals surface area contributed by atoms with E-state index in [1.807, 2.05) is 54.6 Å². The van der Waals surface area contributed by atoms with E-state index in [4.69, 9.17) is 17.3 Å². The molecule has 0 fully saturated rings. The van der Waals surface area contributed by atoms with Crippen LogP contribution in [0.5, 0.6) is 5.75 Å². The van der Waals surface area contributed by atoms with Gasteiger partial charge in [-0.3, -0.25) is 5.43 Å². The lowest BCUT2D eigenvalue weighted by Crippen LogP contribution is -2.24. The number of aromatic hydroxyl groups is 1. The van der Waals surface area contributed by atoms with Gasteiger partial charge in [-0.1, -0.05) is 48.5 Å². The maximum atomic E-state index is 10.9. The lowest BCUT2D eigenvalue weighted by atomic mass is 10.0. The zero-order valence-electron chi connectivity index (χ0n) is 14.7. The first kappa shape index (κ1) is 19.1. The molecule has 7 heteroatoms. The minimum atomic E-state index is -1.11. The molecule has 0 amide bonds. The summed E-state index contributed by atoms with van der Waals surface area (Å²) >= 11 is 5.27. The van der Waals surface area contributed by atoms with Gasteiger partial charge >= 0.3 is 5.97 Å². The summed E-state index contributed by atoms with van der Waals surface area (Å²) in [5.74, 6) is -1.29. The van der Waals surface area contributed by atoms with Crippen molar-refractivity contribution in [2.24, 2.45) is 5.10 Å². The number of rotatable bonds is 5. The third-order valence-electron chi connectivity index (χ3n) is 3.91. The van der Waals surface area contributed by atoms with Gasteiger partial charge < -0.3 is 15.5 Å². The molecule has 0 unspecified atom stereocenters. The number of phenols is 1. The molecule has 3 aromatic carbocycles. The highest BCUT2D eigenvalue weighted by Gasteiger charge is 2.07. The Hall–Kier alpha value is -3.71. The van der Waals surface area contributed by atoms with Crippen molar-refractivity contribution in [3.05, 3.63) is 83.9 Å². The van der Waals surface area contributed by atoms with Crippen molar-refractivity contribution in [1.82, 2.24) is 5.43 Å². The molecule has 0 radical (unpaired) electrons. The first-order chi connectivity index (χ1) is 13.5. The first-order valence-corrected chi connectivity index (χ1v) is 8.76. The minimum Gasteiger partial charge on any atom is -0.507 e. The van der Waals surface area contributed by atoms with E-state index in [0.717, 1.165) is 22.9 Å². The number of hydrazone groups is 1. The summed E-state index contributed by atoms with van der Waals surface area (Å²) in [6.45, 7) is 0. The monoisotopic (exact) mass is 391 g/mol. The van der Waals surface area contributed by atoms with Crippen molar-refractivity contribution in [2.45, 2.75) is 0 Å². The molecule has 0 atom stereocenters. The Labute approximate surface area is 167 Å². The third-order valence-corrected chi connectivity index (χ3v) is 4.10. The van der Waals surface area contributed by atoms with Gasteiger partial charge in [0, 0.05) is 16.8 Å². The molecule has 4 N–H and O–H groups in total. The summed E-state index contributed by atoms with van der Waals surface area (Å²) in [5.41, 5.74) is 5.93. The molecular formula is C21H17N3O3S. The van der Waals surface area contributed by atoms with Crippen molar-refractivity contribution in [2.75, 3.05) is 5.32 Å². The van der Waals surface area contributed by atoms with Crippen molar-refractivity contribution in [3.8, 4) is 16.9 Å². The smallest absolute Gasteiger partial charge is 0.335 e. The quantitative estimate of drug-likeness (QED) is 0.297. The van der Waals surface area contributed by atoms with E-state index in [1.54, 1.807) is 0 Å². The summed E-state index contributed by atoms with van der Waals surface area (Å²) < 4.78 is 0. The molecular weight excluding hydrogens is 374 g/mol. The number of anilines is 1. The van der Waals surface area contributed by atoms with Crippen molar-refractivity contribution >= 4 is 35.2 Å². The lowest BCUT2D eigenvalue weighted by molar-refractivity contribution is 0.0696. The average molecular weight is 391 g/mol. The number of hydrogen-bond acceptors (Lipinski definition) is 4. The zero-order valence-corrected chi connectivity index (χ0v) is 15.5. The second kappa shape index (κ2) is 8.79. The average Bonchev–Trinajstić information content (AvgIpc) is 2.70. The number of phenolic OH excluding ortho intramolecular Hbond substituents is 1. The number of carbonyl (C=O) groups is 1. The van der Waals surface area contributed by atoms with Crippen LogP contribution in [0, 0.1) is 0 Å². The van der Waals surface area contributed by atoms with Crippen LogP contribution in [-0.4, -0.2) is 27.5 Å². The van der Waals surface area contributed by atoms with E-state index in [9.17, 15) is 9.90 Å². The zero-order chi connectivity index (χ0) is 19.9. The third kappa shape index (κ3) is 4.72. The molecule has 0 bridgehead atoms. The summed E-state index contributed by atoms with van der Waals surface area (Å²) in [4.78, 5) is 10.9. The molecule has 3 rings (SSSR count). The summed E-state index contributed by atoms with van der Waals surface area (Å²) in [6, 6.07) is 21.7. The van der Waals surface area contributed by atoms with Gasteiger partial charge in [-0.2, -0.15) is 5.10 Å². The normalized spacial score (nSPS) is 10.6. The molecule has 0 saturated heterocycles. The summed E-state index contributed by atoms with van der Waals surface area (Å²) in [7, 11) is 0. The molecule has 3 aromatic rings. The van der Waals surface area contributed by atoms with E-state index in [2.05, 4.69) is 15.8 Å². The van der Waals surface area contributed by atoms with Gasteiger partial charge in [-0.25, -0.2) is 4.79 Å². The fraction of sp³-hybridized carbons (Fsp3) is 0. The van der Waals surface area contributed by atoms with E-state index < -0.39 is 5.97 Å².